The van der Waals surface area contributed by atoms with Crippen LogP contribution in [0.15, 0.2) is 41.5 Å². The van der Waals surface area contributed by atoms with Crippen molar-refractivity contribution in [2.75, 3.05) is 30.4 Å². The number of halogens is 2. The van der Waals surface area contributed by atoms with Gasteiger partial charge in [-0.05, 0) is 43.7 Å². The lowest BCUT2D eigenvalue weighted by Crippen LogP contribution is -2.56. The highest BCUT2D eigenvalue weighted by Gasteiger charge is 2.33. The number of amides is 2. The Labute approximate surface area is 201 Å². The van der Waals surface area contributed by atoms with Crippen molar-refractivity contribution in [3.05, 3.63) is 58.4 Å². The maximum Gasteiger partial charge on any atom is 0.259 e. The number of carbonyl (C=O) groups is 2. The van der Waals surface area contributed by atoms with Crippen LogP contribution in [-0.4, -0.2) is 66.0 Å². The van der Waals surface area contributed by atoms with Crippen molar-refractivity contribution in [3.63, 3.8) is 0 Å². The molecule has 0 radical (unpaired) electrons. The highest BCUT2D eigenvalue weighted by atomic mass is 35.5. The van der Waals surface area contributed by atoms with Crippen LogP contribution in [0.5, 0.6) is 0 Å². The van der Waals surface area contributed by atoms with Gasteiger partial charge in [0.25, 0.3) is 11.8 Å². The topological polar surface area (TPSA) is 113 Å². The molecular formula is C23H25ClFN7O2. The summed E-state index contributed by atoms with van der Waals surface area (Å²) in [4.78, 5) is 29.7. The van der Waals surface area contributed by atoms with Crippen molar-refractivity contribution in [1.29, 1.82) is 5.41 Å². The molecule has 0 spiro atoms. The van der Waals surface area contributed by atoms with Gasteiger partial charge in [0, 0.05) is 42.6 Å². The second kappa shape index (κ2) is 10.2. The maximum atomic E-state index is 14.7. The average Bonchev–Trinajstić information content (AvgIpc) is 3.01. The smallest absolute Gasteiger partial charge is 0.259 e. The van der Waals surface area contributed by atoms with Gasteiger partial charge < -0.3 is 20.9 Å². The summed E-state index contributed by atoms with van der Waals surface area (Å²) in [5.74, 6) is -1.32. The first-order chi connectivity index (χ1) is 16.4. The Morgan fingerprint density at radius 1 is 1.26 bits per heavy atom. The molecule has 4 N–H and O–H groups in total. The van der Waals surface area contributed by atoms with Gasteiger partial charge in [-0.3, -0.25) is 19.9 Å². The highest BCUT2D eigenvalue weighted by Crippen LogP contribution is 2.27. The standard InChI is InChI=1S/C23H25ClFN7O2/c1-14-7-10-31(23-28-18-6-5-15(24)13-16(18)21(33)29-23)11-12-32(14)22(34)20-17(25)3-2-4-19(20)30-27-9-8-26/h2-6,8-9,13-14,23,26,28,30H,7,10-12H2,1H3,(H,29,33)/b26-8?,27-9-. The third-order valence-corrected chi connectivity index (χ3v) is 6.20. The molecular weight excluding hydrogens is 461 g/mol. The number of fused-ring (bicyclic) bond motifs is 1. The lowest BCUT2D eigenvalue weighted by molar-refractivity contribution is 0.0689. The van der Waals surface area contributed by atoms with Crippen LogP contribution in [0, 0.1) is 11.2 Å². The first kappa shape index (κ1) is 23.7. The summed E-state index contributed by atoms with van der Waals surface area (Å²) in [6, 6.07) is 9.25. The van der Waals surface area contributed by atoms with Gasteiger partial charge in [-0.15, -0.1) is 0 Å². The van der Waals surface area contributed by atoms with Crippen LogP contribution in [0.3, 0.4) is 0 Å². The Hall–Kier alpha value is -3.50. The van der Waals surface area contributed by atoms with Crippen molar-refractivity contribution in [2.45, 2.75) is 25.7 Å². The zero-order valence-electron chi connectivity index (χ0n) is 18.5. The van der Waals surface area contributed by atoms with E-state index in [1.54, 1.807) is 29.2 Å². The number of hydrogen-bond donors (Lipinski definition) is 4. The summed E-state index contributed by atoms with van der Waals surface area (Å²) in [7, 11) is 0. The van der Waals surface area contributed by atoms with E-state index in [1.807, 2.05) is 11.8 Å². The molecule has 2 heterocycles. The number of carbonyl (C=O) groups excluding carboxylic acids is 2. The molecule has 2 unspecified atom stereocenters. The van der Waals surface area contributed by atoms with Gasteiger partial charge in [0.2, 0.25) is 0 Å². The molecule has 2 aliphatic rings. The minimum absolute atomic E-state index is 0.0974. The molecule has 1 saturated heterocycles. The van der Waals surface area contributed by atoms with E-state index < -0.39 is 18.0 Å². The Balaban J connectivity index is 1.51. The van der Waals surface area contributed by atoms with Crippen LogP contribution in [0.25, 0.3) is 0 Å². The monoisotopic (exact) mass is 485 g/mol. The van der Waals surface area contributed by atoms with E-state index >= 15 is 0 Å². The zero-order valence-corrected chi connectivity index (χ0v) is 19.3. The molecule has 0 bridgehead atoms. The lowest BCUT2D eigenvalue weighted by Gasteiger charge is -2.36. The van der Waals surface area contributed by atoms with Crippen molar-refractivity contribution >= 4 is 47.2 Å². The summed E-state index contributed by atoms with van der Waals surface area (Å²) in [5, 5.41) is 17.6. The van der Waals surface area contributed by atoms with Crippen LogP contribution in [-0.2, 0) is 0 Å². The lowest BCUT2D eigenvalue weighted by atomic mass is 10.1. The van der Waals surface area contributed by atoms with Crippen LogP contribution >= 0.6 is 11.6 Å². The van der Waals surface area contributed by atoms with Gasteiger partial charge in [-0.25, -0.2) is 4.39 Å². The van der Waals surface area contributed by atoms with Gasteiger partial charge in [0.05, 0.1) is 17.5 Å². The molecule has 2 atom stereocenters. The fraction of sp³-hybridized carbons (Fsp3) is 0.304. The number of nitrogens with one attached hydrogen (secondary N) is 4. The molecule has 0 aromatic heterocycles. The Morgan fingerprint density at radius 3 is 2.88 bits per heavy atom. The number of rotatable bonds is 5. The summed E-state index contributed by atoms with van der Waals surface area (Å²) < 4.78 is 14.7. The summed E-state index contributed by atoms with van der Waals surface area (Å²) in [6.45, 7) is 3.36. The molecule has 2 aliphatic heterocycles. The van der Waals surface area contributed by atoms with Crippen LogP contribution in [0.1, 0.15) is 34.1 Å². The largest absolute Gasteiger partial charge is 0.352 e. The summed E-state index contributed by atoms with van der Waals surface area (Å²) >= 11 is 6.01. The predicted molar refractivity (Wildman–Crippen MR) is 130 cm³/mol. The normalized spacial score (nSPS) is 20.8. The van der Waals surface area contributed by atoms with E-state index in [4.69, 9.17) is 17.0 Å². The van der Waals surface area contributed by atoms with Crippen molar-refractivity contribution < 1.29 is 14.0 Å². The minimum Gasteiger partial charge on any atom is -0.352 e. The first-order valence-electron chi connectivity index (χ1n) is 10.9. The Bertz CT molecular complexity index is 1140. The first-order valence-corrected chi connectivity index (χ1v) is 11.3. The Morgan fingerprint density at radius 2 is 2.09 bits per heavy atom. The van der Waals surface area contributed by atoms with E-state index in [9.17, 15) is 14.0 Å². The molecule has 11 heteroatoms. The van der Waals surface area contributed by atoms with Crippen molar-refractivity contribution in [1.82, 2.24) is 15.1 Å². The molecule has 2 aromatic rings. The van der Waals surface area contributed by atoms with Gasteiger partial charge in [0.15, 0.2) is 6.29 Å². The molecule has 2 aromatic carbocycles. The van der Waals surface area contributed by atoms with E-state index in [0.717, 1.165) is 6.21 Å². The van der Waals surface area contributed by atoms with Gasteiger partial charge in [-0.2, -0.15) is 5.10 Å². The molecule has 34 heavy (non-hydrogen) atoms. The molecule has 0 saturated carbocycles. The SMILES string of the molecule is CC1CCN(C2NC(=O)c3cc(Cl)ccc3N2)CCN1C(=O)c1c(F)cccc1N/N=C\C=N. The summed E-state index contributed by atoms with van der Waals surface area (Å²) in [5.41, 5.74) is 3.94. The quantitative estimate of drug-likeness (QED) is 0.384. The zero-order chi connectivity index (χ0) is 24.2. The van der Waals surface area contributed by atoms with Crippen LogP contribution in [0.2, 0.25) is 5.02 Å². The van der Waals surface area contributed by atoms with Gasteiger partial charge in [0.1, 0.15) is 11.4 Å². The minimum atomic E-state index is -0.648. The highest BCUT2D eigenvalue weighted by molar-refractivity contribution is 6.31. The van der Waals surface area contributed by atoms with Gasteiger partial charge in [-0.1, -0.05) is 17.7 Å². The third-order valence-electron chi connectivity index (χ3n) is 5.97. The fourth-order valence-corrected chi connectivity index (χ4v) is 4.33. The number of benzene rings is 2. The molecule has 2 amide bonds. The second-order valence-electron chi connectivity index (χ2n) is 8.10. The van der Waals surface area contributed by atoms with Crippen molar-refractivity contribution in [2.24, 2.45) is 5.10 Å². The summed E-state index contributed by atoms with van der Waals surface area (Å²) in [6.07, 6.45) is 2.37. The molecule has 1 fully saturated rings. The number of hydrazone groups is 1. The van der Waals surface area contributed by atoms with E-state index in [2.05, 4.69) is 21.2 Å². The maximum absolute atomic E-state index is 14.7. The molecule has 4 rings (SSSR count). The van der Waals surface area contributed by atoms with E-state index in [-0.39, 0.29) is 23.2 Å². The second-order valence-corrected chi connectivity index (χ2v) is 8.54. The predicted octanol–water partition coefficient (Wildman–Crippen LogP) is 3.20. The number of nitrogens with zero attached hydrogens (tertiary/aromatic N) is 3. The molecule has 178 valence electrons. The molecule has 0 aliphatic carbocycles. The van der Waals surface area contributed by atoms with E-state index in [1.165, 1.54) is 18.3 Å². The van der Waals surface area contributed by atoms with Gasteiger partial charge >= 0.3 is 0 Å². The Kier molecular flexibility index (Phi) is 7.09. The van der Waals surface area contributed by atoms with Crippen molar-refractivity contribution in [3.8, 4) is 0 Å². The number of anilines is 2. The fourth-order valence-electron chi connectivity index (χ4n) is 4.16. The molecule has 9 nitrogen and oxygen atoms in total. The number of hydrogen-bond acceptors (Lipinski definition) is 7. The average molecular weight is 486 g/mol. The van der Waals surface area contributed by atoms with Crippen LogP contribution < -0.4 is 16.1 Å². The van der Waals surface area contributed by atoms with Crippen LogP contribution in [0.4, 0.5) is 15.8 Å². The van der Waals surface area contributed by atoms with E-state index in [0.29, 0.717) is 42.3 Å². The third kappa shape index (κ3) is 4.87.